The second kappa shape index (κ2) is 3.17. The SMILES string of the molecule is Cc1ccc(Cl)cc1OS. The van der Waals surface area contributed by atoms with Crippen LogP contribution in [-0.2, 0) is 0 Å². The number of hydrogen-bond acceptors (Lipinski definition) is 2. The maximum absolute atomic E-state index is 5.68. The number of thiol groups is 1. The van der Waals surface area contributed by atoms with E-state index in [9.17, 15) is 0 Å². The van der Waals surface area contributed by atoms with Gasteiger partial charge >= 0.3 is 0 Å². The molecule has 1 aromatic carbocycles. The lowest BCUT2D eigenvalue weighted by Gasteiger charge is -2.01. The first-order chi connectivity index (χ1) is 4.74. The molecule has 3 heteroatoms. The summed E-state index contributed by atoms with van der Waals surface area (Å²) in [4.78, 5) is 0. The highest BCUT2D eigenvalue weighted by atomic mass is 35.5. The van der Waals surface area contributed by atoms with E-state index in [0.29, 0.717) is 10.8 Å². The summed E-state index contributed by atoms with van der Waals surface area (Å²) in [5.74, 6) is 0.704. The Bertz CT molecular complexity index is 237. The van der Waals surface area contributed by atoms with Gasteiger partial charge in [-0.3, -0.25) is 0 Å². The number of aryl methyl sites for hydroxylation is 1. The number of benzene rings is 1. The lowest BCUT2D eigenvalue weighted by molar-refractivity contribution is 0.652. The zero-order valence-corrected chi connectivity index (χ0v) is 7.12. The molecular weight excluding hydrogens is 168 g/mol. The highest BCUT2D eigenvalue weighted by molar-refractivity contribution is 7.75. The van der Waals surface area contributed by atoms with E-state index in [1.165, 1.54) is 0 Å². The molecule has 0 unspecified atom stereocenters. The summed E-state index contributed by atoms with van der Waals surface area (Å²) in [6.45, 7) is 1.93. The third kappa shape index (κ3) is 1.58. The summed E-state index contributed by atoms with van der Waals surface area (Å²) in [5.41, 5.74) is 1.03. The van der Waals surface area contributed by atoms with Gasteiger partial charge in [0, 0.05) is 24.0 Å². The fraction of sp³-hybridized carbons (Fsp3) is 0.143. The molecule has 1 aromatic rings. The third-order valence-electron chi connectivity index (χ3n) is 1.25. The molecule has 0 spiro atoms. The lowest BCUT2D eigenvalue weighted by Crippen LogP contribution is -1.79. The molecule has 1 rings (SSSR count). The average molecular weight is 175 g/mol. The molecule has 0 aliphatic heterocycles. The van der Waals surface area contributed by atoms with Gasteiger partial charge in [-0.25, -0.2) is 0 Å². The van der Waals surface area contributed by atoms with E-state index in [2.05, 4.69) is 12.9 Å². The Kier molecular flexibility index (Phi) is 2.46. The summed E-state index contributed by atoms with van der Waals surface area (Å²) in [5, 5.41) is 0.662. The Morgan fingerprint density at radius 1 is 1.50 bits per heavy atom. The van der Waals surface area contributed by atoms with Crippen molar-refractivity contribution in [3.63, 3.8) is 0 Å². The van der Waals surface area contributed by atoms with Crippen LogP contribution in [0.15, 0.2) is 18.2 Å². The van der Waals surface area contributed by atoms with E-state index in [1.54, 1.807) is 6.07 Å². The normalized spacial score (nSPS) is 9.50. The fourth-order valence-corrected chi connectivity index (χ4v) is 1.03. The van der Waals surface area contributed by atoms with Crippen LogP contribution in [0.2, 0.25) is 5.02 Å². The van der Waals surface area contributed by atoms with E-state index in [4.69, 9.17) is 15.8 Å². The molecule has 0 bridgehead atoms. The highest BCUT2D eigenvalue weighted by Crippen LogP contribution is 2.22. The zero-order valence-electron chi connectivity index (χ0n) is 5.47. The molecule has 0 N–H and O–H groups in total. The molecule has 0 radical (unpaired) electrons. The first-order valence-electron chi connectivity index (χ1n) is 2.81. The second-order valence-electron chi connectivity index (χ2n) is 2.00. The summed E-state index contributed by atoms with van der Waals surface area (Å²) in [7, 11) is 0. The summed E-state index contributed by atoms with van der Waals surface area (Å²) in [6.07, 6.45) is 0. The predicted molar refractivity (Wildman–Crippen MR) is 45.8 cm³/mol. The van der Waals surface area contributed by atoms with Gasteiger partial charge in [-0.15, -0.1) is 0 Å². The molecule has 54 valence electrons. The summed E-state index contributed by atoms with van der Waals surface area (Å²) >= 11 is 9.35. The van der Waals surface area contributed by atoms with Crippen LogP contribution >= 0.6 is 24.5 Å². The second-order valence-corrected chi connectivity index (χ2v) is 2.62. The standard InChI is InChI=1S/C7H7ClOS/c1-5-2-3-6(8)4-7(5)9-10/h2-4,10H,1H3. The quantitative estimate of drug-likeness (QED) is 0.509. The van der Waals surface area contributed by atoms with Crippen LogP contribution < -0.4 is 4.18 Å². The van der Waals surface area contributed by atoms with Gasteiger partial charge in [-0.2, -0.15) is 0 Å². The fourth-order valence-electron chi connectivity index (χ4n) is 0.672. The summed E-state index contributed by atoms with van der Waals surface area (Å²) in [6, 6.07) is 5.42. The van der Waals surface area contributed by atoms with Crippen LogP contribution in [-0.4, -0.2) is 0 Å². The first-order valence-corrected chi connectivity index (χ1v) is 3.56. The minimum absolute atomic E-state index is 0.662. The van der Waals surface area contributed by atoms with Gasteiger partial charge in [0.1, 0.15) is 5.75 Å². The van der Waals surface area contributed by atoms with Crippen LogP contribution in [0.25, 0.3) is 0 Å². The van der Waals surface area contributed by atoms with E-state index >= 15 is 0 Å². The largest absolute Gasteiger partial charge is 0.429 e. The van der Waals surface area contributed by atoms with Crippen molar-refractivity contribution in [2.75, 3.05) is 0 Å². The van der Waals surface area contributed by atoms with Crippen molar-refractivity contribution in [1.82, 2.24) is 0 Å². The van der Waals surface area contributed by atoms with Crippen LogP contribution in [0.3, 0.4) is 0 Å². The molecule has 1 nitrogen and oxygen atoms in total. The van der Waals surface area contributed by atoms with Gasteiger partial charge in [0.25, 0.3) is 0 Å². The lowest BCUT2D eigenvalue weighted by atomic mass is 10.2. The monoisotopic (exact) mass is 174 g/mol. The Balaban J connectivity index is 3.09. The Morgan fingerprint density at radius 2 is 2.20 bits per heavy atom. The highest BCUT2D eigenvalue weighted by Gasteiger charge is 1.97. The van der Waals surface area contributed by atoms with Gasteiger partial charge in [-0.1, -0.05) is 17.7 Å². The predicted octanol–water partition coefficient (Wildman–Crippen LogP) is 2.87. The maximum atomic E-state index is 5.68. The van der Waals surface area contributed by atoms with Gasteiger partial charge in [0.15, 0.2) is 0 Å². The topological polar surface area (TPSA) is 9.23 Å². The average Bonchev–Trinajstić information content (AvgIpc) is 1.94. The molecule has 0 saturated carbocycles. The molecule has 0 saturated heterocycles. The van der Waals surface area contributed by atoms with Gasteiger partial charge < -0.3 is 4.18 Å². The van der Waals surface area contributed by atoms with Crippen LogP contribution in [0.5, 0.6) is 5.75 Å². The van der Waals surface area contributed by atoms with Crippen molar-refractivity contribution in [3.8, 4) is 5.75 Å². The number of hydrogen-bond donors (Lipinski definition) is 1. The molecule has 0 atom stereocenters. The van der Waals surface area contributed by atoms with Crippen molar-refractivity contribution < 1.29 is 4.18 Å². The molecule has 0 aromatic heterocycles. The summed E-state index contributed by atoms with van der Waals surface area (Å²) < 4.78 is 4.74. The minimum atomic E-state index is 0.662. The van der Waals surface area contributed by atoms with Crippen molar-refractivity contribution in [2.24, 2.45) is 0 Å². The molecule has 10 heavy (non-hydrogen) atoms. The number of halogens is 1. The van der Waals surface area contributed by atoms with Crippen molar-refractivity contribution in [3.05, 3.63) is 28.8 Å². The molecule has 0 amide bonds. The van der Waals surface area contributed by atoms with E-state index < -0.39 is 0 Å². The Morgan fingerprint density at radius 3 is 2.70 bits per heavy atom. The molecule has 0 aliphatic carbocycles. The van der Waals surface area contributed by atoms with Crippen LogP contribution in [0.4, 0.5) is 0 Å². The molecular formula is C7H7ClOS. The van der Waals surface area contributed by atoms with Crippen molar-refractivity contribution in [1.29, 1.82) is 0 Å². The first kappa shape index (κ1) is 7.76. The molecule has 0 fully saturated rings. The van der Waals surface area contributed by atoms with Gasteiger partial charge in [0.2, 0.25) is 0 Å². The molecule has 0 heterocycles. The smallest absolute Gasteiger partial charge is 0.141 e. The van der Waals surface area contributed by atoms with E-state index in [-0.39, 0.29) is 0 Å². The Labute approximate surface area is 70.6 Å². The van der Waals surface area contributed by atoms with Gasteiger partial charge in [0.05, 0.1) is 0 Å². The maximum Gasteiger partial charge on any atom is 0.141 e. The van der Waals surface area contributed by atoms with E-state index in [0.717, 1.165) is 5.56 Å². The van der Waals surface area contributed by atoms with E-state index in [1.807, 2.05) is 19.1 Å². The number of rotatable bonds is 1. The van der Waals surface area contributed by atoms with Crippen LogP contribution in [0.1, 0.15) is 5.56 Å². The zero-order chi connectivity index (χ0) is 7.56. The third-order valence-corrected chi connectivity index (χ3v) is 1.68. The van der Waals surface area contributed by atoms with Crippen molar-refractivity contribution in [2.45, 2.75) is 6.92 Å². The Hall–Kier alpha value is -0.340. The molecule has 0 aliphatic rings. The van der Waals surface area contributed by atoms with Crippen LogP contribution in [0, 0.1) is 6.92 Å². The minimum Gasteiger partial charge on any atom is -0.429 e. The van der Waals surface area contributed by atoms with Crippen molar-refractivity contribution >= 4 is 24.5 Å². The van der Waals surface area contributed by atoms with Gasteiger partial charge in [-0.05, 0) is 18.6 Å².